The second-order valence-corrected chi connectivity index (χ2v) is 4.59. The highest BCUT2D eigenvalue weighted by Crippen LogP contribution is 2.15. The van der Waals surface area contributed by atoms with Crippen molar-refractivity contribution < 1.29 is 9.53 Å². The maximum absolute atomic E-state index is 11.8. The molecule has 0 unspecified atom stereocenters. The Bertz CT molecular complexity index is 765. The third-order valence-electron chi connectivity index (χ3n) is 2.91. The average molecular weight is 320 g/mol. The van der Waals surface area contributed by atoms with E-state index < -0.39 is 5.97 Å². The number of carbonyl (C=O) groups is 1. The van der Waals surface area contributed by atoms with Gasteiger partial charge in [-0.05, 0) is 24.6 Å². The first-order valence-electron chi connectivity index (χ1n) is 7.32. The summed E-state index contributed by atoms with van der Waals surface area (Å²) in [5.74, 6) is -0.691. The molecule has 0 spiro atoms. The van der Waals surface area contributed by atoms with E-state index in [4.69, 9.17) is 4.74 Å². The Balaban J connectivity index is 2.35. The van der Waals surface area contributed by atoms with Crippen molar-refractivity contribution in [2.75, 3.05) is 11.6 Å². The molecule has 2 rings (SSSR count). The Labute approximate surface area is 140 Å². The predicted molar refractivity (Wildman–Crippen MR) is 91.1 cm³/mol. The number of esters is 1. The van der Waals surface area contributed by atoms with Crippen LogP contribution in [0.25, 0.3) is 0 Å². The molecule has 2 aromatic rings. The monoisotopic (exact) mass is 320 g/mol. The number of aromatic nitrogens is 1. The van der Waals surface area contributed by atoms with Crippen molar-refractivity contribution in [3.05, 3.63) is 72.2 Å². The van der Waals surface area contributed by atoms with E-state index >= 15 is 0 Å². The van der Waals surface area contributed by atoms with E-state index in [-0.39, 0.29) is 12.2 Å². The number of rotatable bonds is 6. The van der Waals surface area contributed by atoms with Crippen LogP contribution >= 0.6 is 0 Å². The van der Waals surface area contributed by atoms with Crippen LogP contribution in [0.5, 0.6) is 0 Å². The topological polar surface area (TPSA) is 78.6 Å². The molecule has 24 heavy (non-hydrogen) atoms. The lowest BCUT2D eigenvalue weighted by atomic mass is 10.2. The van der Waals surface area contributed by atoms with Crippen molar-refractivity contribution in [3.8, 4) is 6.07 Å². The molecule has 0 fully saturated rings. The van der Waals surface area contributed by atoms with Crippen molar-refractivity contribution >= 4 is 17.9 Å². The molecule has 0 saturated heterocycles. The van der Waals surface area contributed by atoms with Crippen LogP contribution < -0.4 is 5.01 Å². The summed E-state index contributed by atoms with van der Waals surface area (Å²) in [7, 11) is 0. The van der Waals surface area contributed by atoms with Crippen molar-refractivity contribution in [3.63, 3.8) is 0 Å². The zero-order valence-corrected chi connectivity index (χ0v) is 13.2. The van der Waals surface area contributed by atoms with E-state index in [9.17, 15) is 10.1 Å². The number of nitriles is 1. The van der Waals surface area contributed by atoms with Crippen LogP contribution in [-0.4, -0.2) is 23.8 Å². The number of carbonyl (C=O) groups excluding carboxylic acids is 1. The molecule has 0 aliphatic rings. The van der Waals surface area contributed by atoms with E-state index in [0.717, 1.165) is 5.56 Å². The minimum absolute atomic E-state index is 0.147. The normalized spacial score (nSPS) is 11.1. The molecule has 1 aromatic carbocycles. The Morgan fingerprint density at radius 3 is 2.75 bits per heavy atom. The number of hydrogen-bond acceptors (Lipinski definition) is 6. The SMILES string of the molecule is CCOC(=O)/C(C#N)=C\N(/N=C/c1ccccc1)c1cccnc1. The second-order valence-electron chi connectivity index (χ2n) is 4.59. The Hall–Kier alpha value is -3.46. The molecule has 0 aliphatic carbocycles. The van der Waals surface area contributed by atoms with Gasteiger partial charge in [0.15, 0.2) is 5.57 Å². The molecular weight excluding hydrogens is 304 g/mol. The molecule has 0 bridgehead atoms. The van der Waals surface area contributed by atoms with Crippen molar-refractivity contribution in [1.29, 1.82) is 5.26 Å². The fourth-order valence-electron chi connectivity index (χ4n) is 1.79. The highest BCUT2D eigenvalue weighted by Gasteiger charge is 2.13. The summed E-state index contributed by atoms with van der Waals surface area (Å²) in [6.07, 6.45) is 6.17. The molecule has 0 N–H and O–H groups in total. The molecule has 0 amide bonds. The summed E-state index contributed by atoms with van der Waals surface area (Å²) in [6.45, 7) is 1.87. The first-order valence-corrected chi connectivity index (χ1v) is 7.32. The molecule has 1 aromatic heterocycles. The summed E-state index contributed by atoms with van der Waals surface area (Å²) in [5, 5.41) is 14.9. The number of hydrazone groups is 1. The summed E-state index contributed by atoms with van der Waals surface area (Å²) in [6, 6.07) is 14.8. The van der Waals surface area contributed by atoms with Gasteiger partial charge in [-0.15, -0.1) is 0 Å². The first-order chi connectivity index (χ1) is 11.7. The van der Waals surface area contributed by atoms with Gasteiger partial charge < -0.3 is 4.74 Å². The predicted octanol–water partition coefficient (Wildman–Crippen LogP) is 2.89. The fourth-order valence-corrected chi connectivity index (χ4v) is 1.79. The smallest absolute Gasteiger partial charge is 0.350 e. The fraction of sp³-hybridized carbons (Fsp3) is 0.111. The van der Waals surface area contributed by atoms with Gasteiger partial charge in [0.2, 0.25) is 0 Å². The lowest BCUT2D eigenvalue weighted by Crippen LogP contribution is -2.14. The first kappa shape index (κ1) is 16.9. The molecule has 1 heterocycles. The molecular formula is C18H16N4O2. The molecule has 6 heteroatoms. The van der Waals surface area contributed by atoms with Gasteiger partial charge in [-0.3, -0.25) is 4.98 Å². The van der Waals surface area contributed by atoms with Crippen LogP contribution in [0.1, 0.15) is 12.5 Å². The minimum atomic E-state index is -0.691. The van der Waals surface area contributed by atoms with Crippen molar-refractivity contribution in [1.82, 2.24) is 4.98 Å². The van der Waals surface area contributed by atoms with Crippen LogP contribution in [0.4, 0.5) is 5.69 Å². The van der Waals surface area contributed by atoms with E-state index in [1.807, 2.05) is 36.4 Å². The zero-order chi connectivity index (χ0) is 17.2. The maximum Gasteiger partial charge on any atom is 0.350 e. The van der Waals surface area contributed by atoms with E-state index in [1.165, 1.54) is 11.2 Å². The van der Waals surface area contributed by atoms with Crippen molar-refractivity contribution in [2.24, 2.45) is 5.10 Å². The molecule has 0 aliphatic heterocycles. The van der Waals surface area contributed by atoms with E-state index in [0.29, 0.717) is 5.69 Å². The number of anilines is 1. The van der Waals surface area contributed by atoms with Gasteiger partial charge in [-0.2, -0.15) is 10.4 Å². The van der Waals surface area contributed by atoms with E-state index in [1.54, 1.807) is 37.7 Å². The lowest BCUT2D eigenvalue weighted by Gasteiger charge is -2.14. The number of pyridine rings is 1. The molecule has 120 valence electrons. The van der Waals surface area contributed by atoms with Gasteiger partial charge in [0.05, 0.1) is 30.9 Å². The Morgan fingerprint density at radius 2 is 2.12 bits per heavy atom. The van der Waals surface area contributed by atoms with Crippen LogP contribution in [0.3, 0.4) is 0 Å². The van der Waals surface area contributed by atoms with Crippen LogP contribution in [-0.2, 0) is 9.53 Å². The third-order valence-corrected chi connectivity index (χ3v) is 2.91. The van der Waals surface area contributed by atoms with Gasteiger partial charge in [0.25, 0.3) is 0 Å². The van der Waals surface area contributed by atoms with Gasteiger partial charge in [-0.25, -0.2) is 9.80 Å². The Kier molecular flexibility index (Phi) is 6.24. The number of benzene rings is 1. The number of hydrogen-bond donors (Lipinski definition) is 0. The second kappa shape index (κ2) is 8.86. The summed E-state index contributed by atoms with van der Waals surface area (Å²) in [5.41, 5.74) is 1.35. The Morgan fingerprint density at radius 1 is 1.33 bits per heavy atom. The molecule has 0 saturated carbocycles. The van der Waals surface area contributed by atoms with Crippen LogP contribution in [0.15, 0.2) is 71.7 Å². The molecule has 0 atom stereocenters. The highest BCUT2D eigenvalue weighted by molar-refractivity contribution is 5.93. The highest BCUT2D eigenvalue weighted by atomic mass is 16.5. The van der Waals surface area contributed by atoms with Crippen LogP contribution in [0, 0.1) is 11.3 Å². The number of nitrogens with zero attached hydrogens (tertiary/aromatic N) is 4. The molecule has 0 radical (unpaired) electrons. The number of ether oxygens (including phenoxy) is 1. The maximum atomic E-state index is 11.8. The van der Waals surface area contributed by atoms with Crippen molar-refractivity contribution in [2.45, 2.75) is 6.92 Å². The van der Waals surface area contributed by atoms with Crippen LogP contribution in [0.2, 0.25) is 0 Å². The van der Waals surface area contributed by atoms with Gasteiger partial charge >= 0.3 is 5.97 Å². The summed E-state index contributed by atoms with van der Waals surface area (Å²) < 4.78 is 4.87. The largest absolute Gasteiger partial charge is 0.462 e. The van der Waals surface area contributed by atoms with Gasteiger partial charge in [0, 0.05) is 6.20 Å². The zero-order valence-electron chi connectivity index (χ0n) is 13.2. The van der Waals surface area contributed by atoms with E-state index in [2.05, 4.69) is 10.1 Å². The summed E-state index contributed by atoms with van der Waals surface area (Å²) in [4.78, 5) is 15.8. The van der Waals surface area contributed by atoms with Gasteiger partial charge in [0.1, 0.15) is 6.07 Å². The average Bonchev–Trinajstić information content (AvgIpc) is 2.63. The lowest BCUT2D eigenvalue weighted by molar-refractivity contribution is -0.138. The quantitative estimate of drug-likeness (QED) is 0.269. The minimum Gasteiger partial charge on any atom is -0.462 e. The van der Waals surface area contributed by atoms with Gasteiger partial charge in [-0.1, -0.05) is 30.3 Å². The molecule has 6 nitrogen and oxygen atoms in total. The third kappa shape index (κ3) is 4.78. The standard InChI is InChI=1S/C18H16N4O2/c1-2-24-18(23)16(11-19)14-22(17-9-6-10-20-13-17)21-12-15-7-4-3-5-8-15/h3-10,12-14H,2H2,1H3/b16-14-,21-12+. The summed E-state index contributed by atoms with van der Waals surface area (Å²) >= 11 is 0.